The Balaban J connectivity index is 2.43. The van der Waals surface area contributed by atoms with Crippen LogP contribution in [0.25, 0.3) is 0 Å². The number of amides is 1. The van der Waals surface area contributed by atoms with Crippen molar-refractivity contribution in [3.63, 3.8) is 0 Å². The van der Waals surface area contributed by atoms with E-state index in [9.17, 15) is 29.3 Å². The van der Waals surface area contributed by atoms with Crippen LogP contribution in [0.5, 0.6) is 0 Å². The first-order valence-electron chi connectivity index (χ1n) is 9.60. The van der Waals surface area contributed by atoms with Gasteiger partial charge in [0, 0.05) is 23.6 Å². The number of carbonyl (C=O) groups excluding carboxylic acids is 4. The standard InChI is InChI=1S/C22H22N2O9/c1-31-18(25)12-17(13-7-9-16(10-8-13)24(29)30)19(22(28)33-3)23-20(26)14-5-4-6-15(11-14)21(27)32-2/h4-11,17,19H,12H2,1-3H3,(H,23,26)/t17-,19-/m0/s1. The minimum atomic E-state index is -1.34. The lowest BCUT2D eigenvalue weighted by atomic mass is 9.88. The third kappa shape index (κ3) is 6.35. The van der Waals surface area contributed by atoms with Crippen molar-refractivity contribution in [1.29, 1.82) is 0 Å². The molecule has 1 N–H and O–H groups in total. The number of ether oxygens (including phenoxy) is 3. The number of methoxy groups -OCH3 is 3. The lowest BCUT2D eigenvalue weighted by Crippen LogP contribution is -2.46. The Morgan fingerprint density at radius 2 is 1.58 bits per heavy atom. The van der Waals surface area contributed by atoms with Crippen molar-refractivity contribution in [3.8, 4) is 0 Å². The fourth-order valence-corrected chi connectivity index (χ4v) is 3.11. The Morgan fingerprint density at radius 3 is 2.12 bits per heavy atom. The first-order chi connectivity index (χ1) is 15.7. The number of benzene rings is 2. The highest BCUT2D eigenvalue weighted by Gasteiger charge is 2.34. The summed E-state index contributed by atoms with van der Waals surface area (Å²) in [4.78, 5) is 59.7. The number of esters is 3. The zero-order valence-corrected chi connectivity index (χ0v) is 18.1. The highest BCUT2D eigenvalue weighted by molar-refractivity contribution is 5.99. The largest absolute Gasteiger partial charge is 0.469 e. The molecular formula is C22H22N2O9. The summed E-state index contributed by atoms with van der Waals surface area (Å²) < 4.78 is 14.2. The number of nitrogens with one attached hydrogen (secondary N) is 1. The quantitative estimate of drug-likeness (QED) is 0.257. The molecular weight excluding hydrogens is 436 g/mol. The monoisotopic (exact) mass is 458 g/mol. The molecule has 0 saturated heterocycles. The molecule has 0 unspecified atom stereocenters. The summed E-state index contributed by atoms with van der Waals surface area (Å²) in [5.74, 6) is -3.84. The van der Waals surface area contributed by atoms with E-state index in [4.69, 9.17) is 9.47 Å². The molecule has 174 valence electrons. The summed E-state index contributed by atoms with van der Waals surface area (Å²) in [5, 5.41) is 13.5. The first-order valence-corrected chi connectivity index (χ1v) is 9.60. The van der Waals surface area contributed by atoms with Gasteiger partial charge in [0.05, 0.1) is 38.2 Å². The van der Waals surface area contributed by atoms with E-state index in [0.717, 1.165) is 7.11 Å². The zero-order chi connectivity index (χ0) is 24.5. The number of carbonyl (C=O) groups is 4. The molecule has 1 amide bonds. The number of hydrogen-bond donors (Lipinski definition) is 1. The van der Waals surface area contributed by atoms with Crippen LogP contribution in [0.1, 0.15) is 38.6 Å². The summed E-state index contributed by atoms with van der Waals surface area (Å²) in [6.45, 7) is 0. The van der Waals surface area contributed by atoms with Gasteiger partial charge >= 0.3 is 17.9 Å². The third-order valence-corrected chi connectivity index (χ3v) is 4.84. The Kier molecular flexibility index (Phi) is 8.61. The molecule has 2 aromatic carbocycles. The number of nitro groups is 1. The molecule has 0 aliphatic carbocycles. The molecule has 11 nitrogen and oxygen atoms in total. The van der Waals surface area contributed by atoms with Gasteiger partial charge < -0.3 is 19.5 Å². The maximum absolute atomic E-state index is 12.9. The molecule has 0 heterocycles. The molecule has 0 aliphatic heterocycles. The van der Waals surface area contributed by atoms with E-state index in [2.05, 4.69) is 10.1 Å². The van der Waals surface area contributed by atoms with E-state index in [1.807, 2.05) is 0 Å². The second kappa shape index (κ2) is 11.4. The summed E-state index contributed by atoms with van der Waals surface area (Å²) in [6, 6.07) is 9.50. The Labute approximate surface area is 188 Å². The minimum Gasteiger partial charge on any atom is -0.469 e. The maximum atomic E-state index is 12.9. The Bertz CT molecular complexity index is 1050. The van der Waals surface area contributed by atoms with Gasteiger partial charge in [-0.1, -0.05) is 18.2 Å². The van der Waals surface area contributed by atoms with Crippen molar-refractivity contribution < 1.29 is 38.3 Å². The third-order valence-electron chi connectivity index (χ3n) is 4.84. The first kappa shape index (κ1) is 25.0. The lowest BCUT2D eigenvalue weighted by molar-refractivity contribution is -0.384. The van der Waals surface area contributed by atoms with E-state index in [1.54, 1.807) is 0 Å². The second-order valence-electron chi connectivity index (χ2n) is 6.78. The van der Waals surface area contributed by atoms with Gasteiger partial charge in [0.15, 0.2) is 0 Å². The Morgan fingerprint density at radius 1 is 0.939 bits per heavy atom. The minimum absolute atomic E-state index is 0.0623. The van der Waals surface area contributed by atoms with Gasteiger partial charge in [-0.15, -0.1) is 0 Å². The van der Waals surface area contributed by atoms with Crippen LogP contribution in [0, 0.1) is 10.1 Å². The number of nitrogens with zero attached hydrogens (tertiary/aromatic N) is 1. The van der Waals surface area contributed by atoms with Crippen LogP contribution < -0.4 is 5.32 Å². The molecule has 0 bridgehead atoms. The van der Waals surface area contributed by atoms with Gasteiger partial charge in [-0.25, -0.2) is 9.59 Å². The maximum Gasteiger partial charge on any atom is 0.337 e. The highest BCUT2D eigenvalue weighted by atomic mass is 16.6. The van der Waals surface area contributed by atoms with E-state index in [1.165, 1.54) is 62.8 Å². The molecule has 0 aliphatic rings. The van der Waals surface area contributed by atoms with Crippen molar-refractivity contribution in [2.75, 3.05) is 21.3 Å². The lowest BCUT2D eigenvalue weighted by Gasteiger charge is -2.26. The van der Waals surface area contributed by atoms with Gasteiger partial charge in [0.25, 0.3) is 11.6 Å². The van der Waals surface area contributed by atoms with Crippen LogP contribution in [-0.2, 0) is 23.8 Å². The molecule has 11 heteroatoms. The van der Waals surface area contributed by atoms with E-state index in [0.29, 0.717) is 5.56 Å². The average Bonchev–Trinajstić information content (AvgIpc) is 2.84. The summed E-state index contributed by atoms with van der Waals surface area (Å²) >= 11 is 0. The van der Waals surface area contributed by atoms with Crippen molar-refractivity contribution in [3.05, 3.63) is 75.3 Å². The number of hydrogen-bond acceptors (Lipinski definition) is 9. The summed E-state index contributed by atoms with van der Waals surface area (Å²) in [5.41, 5.74) is 0.368. The molecule has 0 radical (unpaired) electrons. The molecule has 0 fully saturated rings. The number of rotatable bonds is 9. The predicted molar refractivity (Wildman–Crippen MR) is 114 cm³/mol. The van der Waals surface area contributed by atoms with Crippen LogP contribution in [0.2, 0.25) is 0 Å². The van der Waals surface area contributed by atoms with E-state index in [-0.39, 0.29) is 23.2 Å². The van der Waals surface area contributed by atoms with Crippen LogP contribution in [0.4, 0.5) is 5.69 Å². The summed E-state index contributed by atoms with van der Waals surface area (Å²) in [7, 11) is 3.48. The summed E-state index contributed by atoms with van der Waals surface area (Å²) in [6.07, 6.45) is -0.323. The van der Waals surface area contributed by atoms with Gasteiger partial charge in [-0.05, 0) is 23.8 Å². The van der Waals surface area contributed by atoms with E-state index >= 15 is 0 Å². The van der Waals surface area contributed by atoms with Crippen molar-refractivity contribution in [2.24, 2.45) is 0 Å². The van der Waals surface area contributed by atoms with Crippen molar-refractivity contribution >= 4 is 29.5 Å². The topological polar surface area (TPSA) is 151 Å². The van der Waals surface area contributed by atoms with Crippen LogP contribution in [0.15, 0.2) is 48.5 Å². The smallest absolute Gasteiger partial charge is 0.337 e. The number of nitro benzene ring substituents is 1. The van der Waals surface area contributed by atoms with Crippen LogP contribution in [-0.4, -0.2) is 56.1 Å². The highest BCUT2D eigenvalue weighted by Crippen LogP contribution is 2.27. The fraction of sp³-hybridized carbons (Fsp3) is 0.273. The number of non-ortho nitro benzene ring substituents is 1. The fourth-order valence-electron chi connectivity index (χ4n) is 3.11. The average molecular weight is 458 g/mol. The predicted octanol–water partition coefficient (Wildman–Crippen LogP) is 2.00. The SMILES string of the molecule is COC(=O)C[C@@H](c1ccc([N+](=O)[O-])cc1)[C@H](NC(=O)c1cccc(C(=O)OC)c1)C(=O)OC. The van der Waals surface area contributed by atoms with Gasteiger partial charge in [0.2, 0.25) is 0 Å². The van der Waals surface area contributed by atoms with Crippen molar-refractivity contribution in [2.45, 2.75) is 18.4 Å². The normalized spacial score (nSPS) is 12.1. The molecule has 0 saturated carbocycles. The van der Waals surface area contributed by atoms with Crippen LogP contribution >= 0.6 is 0 Å². The van der Waals surface area contributed by atoms with Crippen LogP contribution in [0.3, 0.4) is 0 Å². The second-order valence-corrected chi connectivity index (χ2v) is 6.78. The molecule has 33 heavy (non-hydrogen) atoms. The van der Waals surface area contributed by atoms with Crippen molar-refractivity contribution in [1.82, 2.24) is 5.32 Å². The van der Waals surface area contributed by atoms with Gasteiger partial charge in [-0.2, -0.15) is 0 Å². The molecule has 2 aromatic rings. The molecule has 0 aromatic heterocycles. The van der Waals surface area contributed by atoms with E-state index < -0.39 is 40.7 Å². The molecule has 2 rings (SSSR count). The zero-order valence-electron chi connectivity index (χ0n) is 18.1. The molecule has 2 atom stereocenters. The van der Waals surface area contributed by atoms with Gasteiger partial charge in [-0.3, -0.25) is 19.7 Å². The molecule has 0 spiro atoms. The Hall–Kier alpha value is -4.28. The van der Waals surface area contributed by atoms with Gasteiger partial charge in [0.1, 0.15) is 6.04 Å².